The average Bonchev–Trinajstić information content (AvgIpc) is 3.27. The number of aromatic nitrogens is 3. The standard InChI is InChI=1S/C20H22N4O4S2/c1-12-7-5-6-8-15(12)28-10-16-22-23-20(24(16)3)29-11-17(25)21-18-14(19(26)27-4)9-13(2)30-18/h5-9H,10-11H2,1-4H3,(H,21,25). The first-order valence-electron chi connectivity index (χ1n) is 9.07. The molecule has 0 aliphatic carbocycles. The average molecular weight is 447 g/mol. The Morgan fingerprint density at radius 3 is 2.73 bits per heavy atom. The molecule has 8 nitrogen and oxygen atoms in total. The minimum atomic E-state index is -0.478. The molecule has 0 saturated carbocycles. The van der Waals surface area contributed by atoms with Gasteiger partial charge in [-0.05, 0) is 31.5 Å². The van der Waals surface area contributed by atoms with E-state index in [1.165, 1.54) is 30.2 Å². The highest BCUT2D eigenvalue weighted by Crippen LogP contribution is 2.28. The van der Waals surface area contributed by atoms with E-state index in [0.29, 0.717) is 21.5 Å². The van der Waals surface area contributed by atoms with Crippen LogP contribution in [0.25, 0.3) is 0 Å². The Hall–Kier alpha value is -2.85. The molecule has 1 amide bonds. The highest BCUT2D eigenvalue weighted by atomic mass is 32.2. The number of thioether (sulfide) groups is 1. The molecule has 1 aromatic carbocycles. The van der Waals surface area contributed by atoms with Crippen molar-refractivity contribution in [2.75, 3.05) is 18.2 Å². The van der Waals surface area contributed by atoms with E-state index in [-0.39, 0.29) is 18.3 Å². The molecule has 2 aromatic heterocycles. The third kappa shape index (κ3) is 5.19. The monoisotopic (exact) mass is 446 g/mol. The Morgan fingerprint density at radius 1 is 1.23 bits per heavy atom. The number of hydrogen-bond acceptors (Lipinski definition) is 8. The lowest BCUT2D eigenvalue weighted by Crippen LogP contribution is -2.16. The van der Waals surface area contributed by atoms with Crippen LogP contribution in [0, 0.1) is 13.8 Å². The van der Waals surface area contributed by atoms with Crippen LogP contribution in [0.3, 0.4) is 0 Å². The summed E-state index contributed by atoms with van der Waals surface area (Å²) in [6.07, 6.45) is 0. The molecule has 0 spiro atoms. The number of methoxy groups -OCH3 is 1. The van der Waals surface area contributed by atoms with Crippen LogP contribution in [0.5, 0.6) is 5.75 Å². The maximum Gasteiger partial charge on any atom is 0.340 e. The number of thiophene rings is 1. The summed E-state index contributed by atoms with van der Waals surface area (Å²) in [7, 11) is 3.14. The maximum atomic E-state index is 12.4. The first kappa shape index (κ1) is 21.8. The Morgan fingerprint density at radius 2 is 2.00 bits per heavy atom. The Balaban J connectivity index is 1.57. The number of nitrogens with zero attached hydrogens (tertiary/aromatic N) is 3. The van der Waals surface area contributed by atoms with Gasteiger partial charge in [0.2, 0.25) is 5.91 Å². The van der Waals surface area contributed by atoms with Crippen molar-refractivity contribution in [3.05, 3.63) is 52.2 Å². The predicted molar refractivity (Wildman–Crippen MR) is 116 cm³/mol. The molecule has 3 rings (SSSR count). The summed E-state index contributed by atoms with van der Waals surface area (Å²) in [5.74, 6) is 0.855. The van der Waals surface area contributed by atoms with Gasteiger partial charge in [0.1, 0.15) is 17.4 Å². The van der Waals surface area contributed by atoms with E-state index in [0.717, 1.165) is 16.2 Å². The maximum absolute atomic E-state index is 12.4. The SMILES string of the molecule is COC(=O)c1cc(C)sc1NC(=O)CSc1nnc(COc2ccccc2C)n1C. The number of esters is 1. The van der Waals surface area contributed by atoms with Crippen molar-refractivity contribution in [3.63, 3.8) is 0 Å². The molecule has 0 fully saturated rings. The number of amides is 1. The van der Waals surface area contributed by atoms with Crippen LogP contribution in [-0.2, 0) is 23.2 Å². The van der Waals surface area contributed by atoms with Crippen molar-refractivity contribution in [1.29, 1.82) is 0 Å². The first-order chi connectivity index (χ1) is 14.4. The molecule has 0 aliphatic rings. The summed E-state index contributed by atoms with van der Waals surface area (Å²) in [6, 6.07) is 9.45. The number of hydrogen-bond donors (Lipinski definition) is 1. The lowest BCUT2D eigenvalue weighted by Gasteiger charge is -2.08. The zero-order valence-electron chi connectivity index (χ0n) is 17.1. The summed E-state index contributed by atoms with van der Waals surface area (Å²) < 4.78 is 12.4. The van der Waals surface area contributed by atoms with Gasteiger partial charge in [-0.3, -0.25) is 4.79 Å². The van der Waals surface area contributed by atoms with E-state index in [2.05, 4.69) is 15.5 Å². The summed E-state index contributed by atoms with van der Waals surface area (Å²) in [6.45, 7) is 4.12. The van der Waals surface area contributed by atoms with E-state index < -0.39 is 5.97 Å². The van der Waals surface area contributed by atoms with Crippen LogP contribution >= 0.6 is 23.1 Å². The highest BCUT2D eigenvalue weighted by molar-refractivity contribution is 7.99. The van der Waals surface area contributed by atoms with Crippen LogP contribution in [-0.4, -0.2) is 39.5 Å². The van der Waals surface area contributed by atoms with Crippen LogP contribution in [0.2, 0.25) is 0 Å². The number of nitrogens with one attached hydrogen (secondary N) is 1. The lowest BCUT2D eigenvalue weighted by atomic mass is 10.2. The van der Waals surface area contributed by atoms with Gasteiger partial charge in [0.15, 0.2) is 11.0 Å². The van der Waals surface area contributed by atoms with Gasteiger partial charge < -0.3 is 19.4 Å². The summed E-state index contributed by atoms with van der Waals surface area (Å²) in [4.78, 5) is 25.1. The lowest BCUT2D eigenvalue weighted by molar-refractivity contribution is -0.113. The van der Waals surface area contributed by atoms with Crippen LogP contribution in [0.1, 0.15) is 26.6 Å². The number of carbonyl (C=O) groups excluding carboxylic acids is 2. The van der Waals surface area contributed by atoms with Gasteiger partial charge in [-0.2, -0.15) is 0 Å². The van der Waals surface area contributed by atoms with Crippen molar-refractivity contribution in [1.82, 2.24) is 14.8 Å². The van der Waals surface area contributed by atoms with Crippen LogP contribution < -0.4 is 10.1 Å². The van der Waals surface area contributed by atoms with Gasteiger partial charge in [0.05, 0.1) is 18.4 Å². The van der Waals surface area contributed by atoms with Gasteiger partial charge in [-0.1, -0.05) is 30.0 Å². The topological polar surface area (TPSA) is 95.3 Å². The van der Waals surface area contributed by atoms with Crippen molar-refractivity contribution < 1.29 is 19.1 Å². The quantitative estimate of drug-likeness (QED) is 0.417. The number of para-hydroxylation sites is 1. The predicted octanol–water partition coefficient (Wildman–Crippen LogP) is 3.59. The number of rotatable bonds is 8. The number of anilines is 1. The molecular weight excluding hydrogens is 424 g/mol. The van der Waals surface area contributed by atoms with E-state index in [1.807, 2.05) is 45.2 Å². The van der Waals surface area contributed by atoms with E-state index in [9.17, 15) is 9.59 Å². The second-order valence-corrected chi connectivity index (χ2v) is 8.64. The molecule has 30 heavy (non-hydrogen) atoms. The number of aryl methyl sites for hydroxylation is 2. The van der Waals surface area contributed by atoms with Crippen molar-refractivity contribution >= 4 is 40.0 Å². The van der Waals surface area contributed by atoms with E-state index >= 15 is 0 Å². The van der Waals surface area contributed by atoms with Gasteiger partial charge in [-0.15, -0.1) is 21.5 Å². The molecule has 158 valence electrons. The smallest absolute Gasteiger partial charge is 0.340 e. The molecule has 0 atom stereocenters. The third-order valence-corrected chi connectivity index (χ3v) is 6.21. The number of benzene rings is 1. The van der Waals surface area contributed by atoms with Crippen molar-refractivity contribution in [3.8, 4) is 5.75 Å². The van der Waals surface area contributed by atoms with Gasteiger partial charge >= 0.3 is 5.97 Å². The minimum Gasteiger partial charge on any atom is -0.485 e. The molecule has 0 saturated heterocycles. The second kappa shape index (κ2) is 9.77. The molecule has 0 radical (unpaired) electrons. The summed E-state index contributed by atoms with van der Waals surface area (Å²) in [5.41, 5.74) is 1.40. The Labute approximate surface area is 182 Å². The summed E-state index contributed by atoms with van der Waals surface area (Å²) >= 11 is 2.59. The highest BCUT2D eigenvalue weighted by Gasteiger charge is 2.18. The molecule has 2 heterocycles. The molecule has 10 heteroatoms. The Kier molecular flexibility index (Phi) is 7.11. The fraction of sp³-hybridized carbons (Fsp3) is 0.300. The first-order valence-corrected chi connectivity index (χ1v) is 10.9. The number of carbonyl (C=O) groups is 2. The fourth-order valence-electron chi connectivity index (χ4n) is 2.62. The minimum absolute atomic E-state index is 0.127. The van der Waals surface area contributed by atoms with Crippen molar-refractivity contribution in [2.45, 2.75) is 25.6 Å². The number of ether oxygens (including phenoxy) is 2. The zero-order chi connectivity index (χ0) is 21.7. The van der Waals surface area contributed by atoms with Crippen LogP contribution in [0.4, 0.5) is 5.00 Å². The van der Waals surface area contributed by atoms with Gasteiger partial charge in [0.25, 0.3) is 0 Å². The van der Waals surface area contributed by atoms with E-state index in [1.54, 1.807) is 10.6 Å². The van der Waals surface area contributed by atoms with E-state index in [4.69, 9.17) is 9.47 Å². The van der Waals surface area contributed by atoms with Gasteiger partial charge in [-0.25, -0.2) is 4.79 Å². The van der Waals surface area contributed by atoms with Gasteiger partial charge in [0, 0.05) is 11.9 Å². The normalized spacial score (nSPS) is 10.7. The summed E-state index contributed by atoms with van der Waals surface area (Å²) in [5, 5.41) is 12.1. The van der Waals surface area contributed by atoms with Crippen molar-refractivity contribution in [2.24, 2.45) is 7.05 Å². The zero-order valence-corrected chi connectivity index (χ0v) is 18.7. The fourth-order valence-corrected chi connectivity index (χ4v) is 4.26. The molecule has 0 aliphatic heterocycles. The Bertz CT molecular complexity index is 1060. The molecule has 0 bridgehead atoms. The molecular formula is C20H22N4O4S2. The molecule has 3 aromatic rings. The largest absolute Gasteiger partial charge is 0.485 e. The molecule has 0 unspecified atom stereocenters. The van der Waals surface area contributed by atoms with Crippen LogP contribution in [0.15, 0.2) is 35.5 Å². The third-order valence-electron chi connectivity index (χ3n) is 4.22. The second-order valence-electron chi connectivity index (χ2n) is 6.44. The molecule has 1 N–H and O–H groups in total.